The summed E-state index contributed by atoms with van der Waals surface area (Å²) in [5, 5.41) is 12.6. The highest BCUT2D eigenvalue weighted by Crippen LogP contribution is 2.32. The summed E-state index contributed by atoms with van der Waals surface area (Å²) in [6.45, 7) is 5.85. The Labute approximate surface area is 180 Å². The highest BCUT2D eigenvalue weighted by molar-refractivity contribution is 7.07. The van der Waals surface area contributed by atoms with Gasteiger partial charge in [-0.1, -0.05) is 13.3 Å². The van der Waals surface area contributed by atoms with Gasteiger partial charge in [0.05, 0.1) is 11.4 Å². The Morgan fingerprint density at radius 3 is 2.53 bits per heavy atom. The first kappa shape index (κ1) is 22.0. The number of nitrogens with zero attached hydrogens (tertiary/aromatic N) is 3. The summed E-state index contributed by atoms with van der Waals surface area (Å²) in [7, 11) is 0. The van der Waals surface area contributed by atoms with Crippen LogP contribution in [0.1, 0.15) is 59.3 Å². The molecule has 0 spiro atoms. The lowest BCUT2D eigenvalue weighted by molar-refractivity contribution is -0.115. The van der Waals surface area contributed by atoms with E-state index in [2.05, 4.69) is 17.6 Å². The summed E-state index contributed by atoms with van der Waals surface area (Å²) in [4.78, 5) is 28.9. The fourth-order valence-corrected chi connectivity index (χ4v) is 4.24. The Balaban J connectivity index is 2.11. The van der Waals surface area contributed by atoms with Crippen molar-refractivity contribution in [1.82, 2.24) is 4.68 Å². The van der Waals surface area contributed by atoms with E-state index in [1.54, 1.807) is 17.4 Å². The van der Waals surface area contributed by atoms with Gasteiger partial charge in [-0.05, 0) is 50.3 Å². The number of carbonyl (C=O) groups is 2. The number of hydrogen-bond acceptors (Lipinski definition) is 5. The Hall–Kier alpha value is -2.74. The minimum absolute atomic E-state index is 0.160. The maximum Gasteiger partial charge on any atom is 0.221 e. The number of hydrogen-bond donors (Lipinski definition) is 2. The van der Waals surface area contributed by atoms with E-state index in [-0.39, 0.29) is 11.8 Å². The molecule has 3 rings (SSSR count). The zero-order valence-corrected chi connectivity index (χ0v) is 18.6. The monoisotopic (exact) mass is 427 g/mol. The van der Waals surface area contributed by atoms with Gasteiger partial charge in [0, 0.05) is 42.7 Å². The molecule has 1 aromatic carbocycles. The molecule has 0 unspecified atom stereocenters. The first-order valence-electron chi connectivity index (χ1n) is 10.4. The van der Waals surface area contributed by atoms with Gasteiger partial charge in [0.25, 0.3) is 0 Å². The van der Waals surface area contributed by atoms with E-state index in [1.807, 2.05) is 22.2 Å². The molecule has 1 aromatic heterocycles. The van der Waals surface area contributed by atoms with Gasteiger partial charge in [-0.2, -0.15) is 5.10 Å². The Morgan fingerprint density at radius 1 is 1.13 bits per heavy atom. The molecule has 0 aliphatic heterocycles. The second-order valence-corrected chi connectivity index (χ2v) is 8.28. The van der Waals surface area contributed by atoms with Crippen molar-refractivity contribution in [2.24, 2.45) is 10.1 Å². The molecule has 160 valence electrons. The van der Waals surface area contributed by atoms with Crippen LogP contribution >= 0.6 is 11.3 Å². The Kier molecular flexibility index (Phi) is 7.57. The summed E-state index contributed by atoms with van der Waals surface area (Å²) in [5.74, 6) is -0.334. The summed E-state index contributed by atoms with van der Waals surface area (Å²) in [6.07, 6.45) is 6.49. The molecule has 0 bridgehead atoms. The molecule has 2 N–H and O–H groups in total. The molecule has 0 atom stereocenters. The first-order valence-corrected chi connectivity index (χ1v) is 11.3. The molecule has 1 saturated carbocycles. The van der Waals surface area contributed by atoms with Crippen LogP contribution in [0.25, 0.3) is 11.3 Å². The van der Waals surface area contributed by atoms with Gasteiger partial charge >= 0.3 is 0 Å². The Bertz CT molecular complexity index is 1010. The van der Waals surface area contributed by atoms with E-state index in [9.17, 15) is 9.59 Å². The van der Waals surface area contributed by atoms with Crippen LogP contribution in [0.4, 0.5) is 11.4 Å². The largest absolute Gasteiger partial charge is 0.326 e. The molecule has 7 nitrogen and oxygen atoms in total. The molecule has 1 heterocycles. The number of thiazole rings is 1. The predicted octanol–water partition coefficient (Wildman–Crippen LogP) is 4.61. The molecule has 1 aliphatic rings. The van der Waals surface area contributed by atoms with Crippen LogP contribution in [0, 0.1) is 0 Å². The second-order valence-electron chi connectivity index (χ2n) is 7.45. The molecular weight excluding hydrogens is 398 g/mol. The first-order chi connectivity index (χ1) is 14.5. The standard InChI is InChI=1S/C22H29N5O2S/c1-4-5-12-23-22-27(26-17-8-6-7-9-17)21(14-30-22)19-11-10-18(24-15(2)28)13-20(19)25-16(3)29/h10-11,13-14H,4-9,12H2,1-3H3,(H,24,28)(H,25,29). The Morgan fingerprint density at radius 2 is 1.87 bits per heavy atom. The van der Waals surface area contributed by atoms with E-state index < -0.39 is 0 Å². The minimum atomic E-state index is -0.173. The van der Waals surface area contributed by atoms with Crippen molar-refractivity contribution in [1.29, 1.82) is 0 Å². The minimum Gasteiger partial charge on any atom is -0.326 e. The summed E-state index contributed by atoms with van der Waals surface area (Å²) in [6, 6.07) is 5.51. The van der Waals surface area contributed by atoms with Crippen LogP contribution in [0.2, 0.25) is 0 Å². The topological polar surface area (TPSA) is 87.9 Å². The number of nitrogens with one attached hydrogen (secondary N) is 2. The van der Waals surface area contributed by atoms with Gasteiger partial charge in [-0.25, -0.2) is 4.68 Å². The summed E-state index contributed by atoms with van der Waals surface area (Å²) in [5.41, 5.74) is 4.17. The van der Waals surface area contributed by atoms with Gasteiger partial charge in [0.2, 0.25) is 16.6 Å². The van der Waals surface area contributed by atoms with Crippen molar-refractivity contribution >= 4 is 40.2 Å². The smallest absolute Gasteiger partial charge is 0.221 e. The highest BCUT2D eigenvalue weighted by atomic mass is 32.1. The number of amides is 2. The van der Waals surface area contributed by atoms with Gasteiger partial charge in [-0.3, -0.25) is 14.6 Å². The van der Waals surface area contributed by atoms with Crippen LogP contribution in [0.3, 0.4) is 0 Å². The lowest BCUT2D eigenvalue weighted by Gasteiger charge is -2.13. The number of benzene rings is 1. The number of aromatic nitrogens is 1. The van der Waals surface area contributed by atoms with Crippen LogP contribution in [0.5, 0.6) is 0 Å². The van der Waals surface area contributed by atoms with Crippen molar-refractivity contribution in [3.05, 3.63) is 28.4 Å². The molecule has 8 heteroatoms. The second kappa shape index (κ2) is 10.3. The molecule has 2 aromatic rings. The van der Waals surface area contributed by atoms with Gasteiger partial charge in [-0.15, -0.1) is 11.3 Å². The zero-order valence-electron chi connectivity index (χ0n) is 17.8. The lowest BCUT2D eigenvalue weighted by Crippen LogP contribution is -2.15. The molecule has 2 amide bonds. The highest BCUT2D eigenvalue weighted by Gasteiger charge is 2.16. The molecular formula is C22H29N5O2S. The van der Waals surface area contributed by atoms with E-state index >= 15 is 0 Å². The average Bonchev–Trinajstić information content (AvgIpc) is 3.32. The van der Waals surface area contributed by atoms with Crippen LogP contribution in [-0.2, 0) is 9.59 Å². The van der Waals surface area contributed by atoms with Gasteiger partial charge in [0.15, 0.2) is 0 Å². The van der Waals surface area contributed by atoms with Crippen molar-refractivity contribution in [2.75, 3.05) is 17.2 Å². The van der Waals surface area contributed by atoms with Crippen LogP contribution in [0.15, 0.2) is 33.7 Å². The third-order valence-electron chi connectivity index (χ3n) is 4.79. The van der Waals surface area contributed by atoms with E-state index in [1.165, 1.54) is 32.4 Å². The third kappa shape index (κ3) is 5.66. The number of anilines is 2. The van der Waals surface area contributed by atoms with Gasteiger partial charge < -0.3 is 10.6 Å². The molecule has 1 fully saturated rings. The van der Waals surface area contributed by atoms with E-state index in [0.717, 1.165) is 48.3 Å². The quantitative estimate of drug-likeness (QED) is 0.632. The average molecular weight is 428 g/mol. The fraction of sp³-hybridized carbons (Fsp3) is 0.455. The summed E-state index contributed by atoms with van der Waals surface area (Å²) >= 11 is 1.55. The third-order valence-corrected chi connectivity index (χ3v) is 5.65. The van der Waals surface area contributed by atoms with Crippen molar-refractivity contribution in [3.8, 4) is 11.3 Å². The van der Waals surface area contributed by atoms with E-state index in [4.69, 9.17) is 10.1 Å². The van der Waals surface area contributed by atoms with Crippen LogP contribution in [-0.4, -0.2) is 28.7 Å². The maximum atomic E-state index is 11.8. The maximum absolute atomic E-state index is 11.8. The number of carbonyl (C=O) groups excluding carboxylic acids is 2. The van der Waals surface area contributed by atoms with Gasteiger partial charge in [0.1, 0.15) is 0 Å². The van der Waals surface area contributed by atoms with E-state index in [0.29, 0.717) is 11.4 Å². The SMILES string of the molecule is CCCCN=c1scc(-c2ccc(NC(C)=O)cc2NC(C)=O)n1N=C1CCCC1. The van der Waals surface area contributed by atoms with Crippen molar-refractivity contribution < 1.29 is 9.59 Å². The number of unbranched alkanes of at least 4 members (excludes halogenated alkanes) is 1. The molecule has 30 heavy (non-hydrogen) atoms. The number of rotatable bonds is 7. The zero-order chi connectivity index (χ0) is 21.5. The lowest BCUT2D eigenvalue weighted by atomic mass is 10.1. The molecule has 0 radical (unpaired) electrons. The van der Waals surface area contributed by atoms with Crippen LogP contribution < -0.4 is 15.4 Å². The molecule has 1 aliphatic carbocycles. The summed E-state index contributed by atoms with van der Waals surface area (Å²) < 4.78 is 1.92. The normalized spacial score (nSPS) is 14.1. The fourth-order valence-electron chi connectivity index (χ4n) is 3.39. The van der Waals surface area contributed by atoms with Crippen molar-refractivity contribution in [3.63, 3.8) is 0 Å². The predicted molar refractivity (Wildman–Crippen MR) is 123 cm³/mol. The molecule has 0 saturated heterocycles. The van der Waals surface area contributed by atoms with Crippen molar-refractivity contribution in [2.45, 2.75) is 59.3 Å².